The van der Waals surface area contributed by atoms with Crippen molar-refractivity contribution in [2.24, 2.45) is 5.92 Å². The largest absolute Gasteiger partial charge is 0.383 e. The number of nitrogen functional groups attached to an aromatic ring is 1. The van der Waals surface area contributed by atoms with E-state index in [0.29, 0.717) is 11.4 Å². The summed E-state index contributed by atoms with van der Waals surface area (Å²) in [5, 5.41) is 3.24. The summed E-state index contributed by atoms with van der Waals surface area (Å²) in [6, 6.07) is 3.51. The monoisotopic (exact) mass is 205 g/mol. The van der Waals surface area contributed by atoms with Crippen molar-refractivity contribution in [3.8, 4) is 0 Å². The number of rotatable bonds is 2. The quantitative estimate of drug-likeness (QED) is 0.702. The van der Waals surface area contributed by atoms with Crippen LogP contribution < -0.4 is 11.1 Å². The summed E-state index contributed by atoms with van der Waals surface area (Å²) < 4.78 is 0. The molecule has 1 aliphatic heterocycles. The van der Waals surface area contributed by atoms with Crippen molar-refractivity contribution >= 4 is 11.6 Å². The first-order chi connectivity index (χ1) is 7.29. The number of aromatic nitrogens is 1. The van der Waals surface area contributed by atoms with E-state index in [4.69, 9.17) is 5.73 Å². The normalized spacial score (nSPS) is 17.6. The summed E-state index contributed by atoms with van der Waals surface area (Å²) >= 11 is 0. The first-order valence-electron chi connectivity index (χ1n) is 5.24. The summed E-state index contributed by atoms with van der Waals surface area (Å²) in [5.74, 6) is 0.598. The molecule has 0 aliphatic carbocycles. The van der Waals surface area contributed by atoms with Gasteiger partial charge in [0, 0.05) is 12.1 Å². The molecule has 2 rings (SSSR count). The highest BCUT2D eigenvalue weighted by molar-refractivity contribution is 6.01. The lowest BCUT2D eigenvalue weighted by molar-refractivity contribution is 0.0895. The first-order valence-corrected chi connectivity index (χ1v) is 5.24. The van der Waals surface area contributed by atoms with Gasteiger partial charge in [0.05, 0.1) is 5.56 Å². The summed E-state index contributed by atoms with van der Waals surface area (Å²) in [6.45, 7) is 1.83. The van der Waals surface area contributed by atoms with Crippen LogP contribution in [0.1, 0.15) is 23.2 Å². The zero-order valence-corrected chi connectivity index (χ0v) is 8.57. The third kappa shape index (κ3) is 2.15. The Kier molecular flexibility index (Phi) is 2.97. The van der Waals surface area contributed by atoms with Gasteiger partial charge in [0.2, 0.25) is 0 Å². The predicted molar refractivity (Wildman–Crippen MR) is 58.6 cm³/mol. The van der Waals surface area contributed by atoms with Crippen molar-refractivity contribution in [2.45, 2.75) is 12.8 Å². The third-order valence-electron chi connectivity index (χ3n) is 2.81. The van der Waals surface area contributed by atoms with Crippen molar-refractivity contribution in [2.75, 3.05) is 18.8 Å². The molecular formula is C11H15N3O. The Balaban J connectivity index is 2.16. The fourth-order valence-electron chi connectivity index (χ4n) is 1.93. The van der Waals surface area contributed by atoms with Crippen LogP contribution in [0.3, 0.4) is 0 Å². The maximum absolute atomic E-state index is 12.1. The van der Waals surface area contributed by atoms with E-state index < -0.39 is 0 Å². The number of nitrogens with zero attached hydrogens (tertiary/aromatic N) is 1. The SMILES string of the molecule is Nc1ncccc1C(=O)C1CCNCC1. The molecule has 15 heavy (non-hydrogen) atoms. The van der Waals surface area contributed by atoms with Crippen molar-refractivity contribution in [1.82, 2.24) is 10.3 Å². The molecule has 0 spiro atoms. The van der Waals surface area contributed by atoms with Crippen molar-refractivity contribution in [3.63, 3.8) is 0 Å². The topological polar surface area (TPSA) is 68.0 Å². The van der Waals surface area contributed by atoms with Gasteiger partial charge in [-0.25, -0.2) is 4.98 Å². The van der Waals surface area contributed by atoms with Crippen LogP contribution in [-0.4, -0.2) is 23.9 Å². The number of hydrogen-bond acceptors (Lipinski definition) is 4. The van der Waals surface area contributed by atoms with Crippen LogP contribution in [0.25, 0.3) is 0 Å². The lowest BCUT2D eigenvalue weighted by Crippen LogP contribution is -2.32. The number of piperidine rings is 1. The van der Waals surface area contributed by atoms with E-state index in [1.54, 1.807) is 18.3 Å². The molecule has 4 heteroatoms. The second-order valence-electron chi connectivity index (χ2n) is 3.82. The Morgan fingerprint density at radius 3 is 2.87 bits per heavy atom. The van der Waals surface area contributed by atoms with E-state index in [2.05, 4.69) is 10.3 Å². The molecule has 0 bridgehead atoms. The maximum Gasteiger partial charge on any atom is 0.169 e. The molecule has 4 nitrogen and oxygen atoms in total. The number of carbonyl (C=O) groups excluding carboxylic acids is 1. The highest BCUT2D eigenvalue weighted by Gasteiger charge is 2.23. The average Bonchev–Trinajstić information content (AvgIpc) is 2.30. The first kappa shape index (κ1) is 10.1. The van der Waals surface area contributed by atoms with Gasteiger partial charge in [0.15, 0.2) is 5.78 Å². The summed E-state index contributed by atoms with van der Waals surface area (Å²) in [4.78, 5) is 16.0. The molecule has 1 aromatic rings. The maximum atomic E-state index is 12.1. The molecule has 0 amide bonds. The zero-order chi connectivity index (χ0) is 10.7. The molecule has 1 fully saturated rings. The molecule has 1 aliphatic rings. The highest BCUT2D eigenvalue weighted by atomic mass is 16.1. The van der Waals surface area contributed by atoms with Gasteiger partial charge in [-0.2, -0.15) is 0 Å². The van der Waals surface area contributed by atoms with Gasteiger partial charge in [-0.15, -0.1) is 0 Å². The average molecular weight is 205 g/mol. The van der Waals surface area contributed by atoms with E-state index in [1.165, 1.54) is 0 Å². The fraction of sp³-hybridized carbons (Fsp3) is 0.455. The van der Waals surface area contributed by atoms with Crippen LogP contribution >= 0.6 is 0 Å². The molecule has 0 atom stereocenters. The van der Waals surface area contributed by atoms with Crippen molar-refractivity contribution in [3.05, 3.63) is 23.9 Å². The number of ketones is 1. The standard InChI is InChI=1S/C11H15N3O/c12-11-9(2-1-5-14-11)10(15)8-3-6-13-7-4-8/h1-2,5,8,13H,3-4,6-7H2,(H2,12,14). The molecule has 0 radical (unpaired) electrons. The summed E-state index contributed by atoms with van der Waals surface area (Å²) in [6.07, 6.45) is 3.40. The molecule has 2 heterocycles. The molecule has 0 unspecified atom stereocenters. The van der Waals surface area contributed by atoms with Gasteiger partial charge < -0.3 is 11.1 Å². The second-order valence-corrected chi connectivity index (χ2v) is 3.82. The minimum Gasteiger partial charge on any atom is -0.383 e. The Bertz CT molecular complexity index is 359. The van der Waals surface area contributed by atoms with Gasteiger partial charge in [-0.1, -0.05) is 0 Å². The zero-order valence-electron chi connectivity index (χ0n) is 8.57. The van der Waals surface area contributed by atoms with E-state index in [-0.39, 0.29) is 11.7 Å². The highest BCUT2D eigenvalue weighted by Crippen LogP contribution is 2.20. The van der Waals surface area contributed by atoms with Crippen LogP contribution in [0.15, 0.2) is 18.3 Å². The molecular weight excluding hydrogens is 190 g/mol. The van der Waals surface area contributed by atoms with Gasteiger partial charge in [0.25, 0.3) is 0 Å². The Hall–Kier alpha value is -1.42. The van der Waals surface area contributed by atoms with Crippen molar-refractivity contribution < 1.29 is 4.79 Å². The van der Waals surface area contributed by atoms with Crippen LogP contribution in [0.4, 0.5) is 5.82 Å². The Morgan fingerprint density at radius 1 is 1.47 bits per heavy atom. The predicted octanol–water partition coefficient (Wildman–Crippen LogP) is 0.846. The molecule has 3 N–H and O–H groups in total. The number of carbonyl (C=O) groups is 1. The van der Waals surface area contributed by atoms with Crippen LogP contribution in [0, 0.1) is 5.92 Å². The van der Waals surface area contributed by atoms with E-state index in [9.17, 15) is 4.79 Å². The van der Waals surface area contributed by atoms with Gasteiger partial charge in [-0.3, -0.25) is 4.79 Å². The number of pyridine rings is 1. The minimum atomic E-state index is 0.109. The molecule has 0 saturated carbocycles. The second kappa shape index (κ2) is 4.40. The Labute approximate surface area is 88.9 Å². The lowest BCUT2D eigenvalue weighted by Gasteiger charge is -2.21. The number of nitrogens with two attached hydrogens (primary N) is 1. The fourth-order valence-corrected chi connectivity index (χ4v) is 1.93. The number of hydrogen-bond donors (Lipinski definition) is 2. The van der Waals surface area contributed by atoms with E-state index in [0.717, 1.165) is 25.9 Å². The van der Waals surface area contributed by atoms with Gasteiger partial charge in [-0.05, 0) is 38.1 Å². The molecule has 1 aromatic heterocycles. The number of nitrogens with one attached hydrogen (secondary N) is 1. The minimum absolute atomic E-state index is 0.109. The lowest BCUT2D eigenvalue weighted by atomic mass is 9.90. The van der Waals surface area contributed by atoms with Crippen LogP contribution in [0.2, 0.25) is 0 Å². The van der Waals surface area contributed by atoms with Gasteiger partial charge in [0.1, 0.15) is 5.82 Å². The number of anilines is 1. The molecule has 1 saturated heterocycles. The summed E-state index contributed by atoms with van der Waals surface area (Å²) in [5.41, 5.74) is 6.25. The summed E-state index contributed by atoms with van der Waals surface area (Å²) in [7, 11) is 0. The Morgan fingerprint density at radius 2 is 2.20 bits per heavy atom. The van der Waals surface area contributed by atoms with E-state index >= 15 is 0 Å². The third-order valence-corrected chi connectivity index (χ3v) is 2.81. The molecule has 0 aromatic carbocycles. The van der Waals surface area contributed by atoms with E-state index in [1.807, 2.05) is 0 Å². The smallest absolute Gasteiger partial charge is 0.169 e. The van der Waals surface area contributed by atoms with Crippen molar-refractivity contribution in [1.29, 1.82) is 0 Å². The van der Waals surface area contributed by atoms with Crippen LogP contribution in [-0.2, 0) is 0 Å². The number of Topliss-reactive ketones (excluding diaryl/α,β-unsaturated/α-hetero) is 1. The van der Waals surface area contributed by atoms with Gasteiger partial charge >= 0.3 is 0 Å². The van der Waals surface area contributed by atoms with Crippen LogP contribution in [0.5, 0.6) is 0 Å². The molecule has 80 valence electrons.